The van der Waals surface area contributed by atoms with Crippen molar-refractivity contribution in [1.82, 2.24) is 0 Å². The van der Waals surface area contributed by atoms with E-state index in [-0.39, 0.29) is 5.78 Å². The third kappa shape index (κ3) is 2.29. The fourth-order valence-electron chi connectivity index (χ4n) is 2.25. The third-order valence-electron chi connectivity index (χ3n) is 3.19. The summed E-state index contributed by atoms with van der Waals surface area (Å²) in [5, 5.41) is 0. The quantitative estimate of drug-likeness (QED) is 0.768. The normalized spacial score (nSPS) is 15.6. The van der Waals surface area contributed by atoms with Crippen molar-refractivity contribution >= 4 is 22.7 Å². The van der Waals surface area contributed by atoms with Crippen LogP contribution < -0.4 is 0 Å². The minimum atomic E-state index is 0.269. The van der Waals surface area contributed by atoms with Gasteiger partial charge in [0, 0.05) is 16.2 Å². The highest BCUT2D eigenvalue weighted by atomic mass is 32.1. The fourth-order valence-corrected chi connectivity index (χ4v) is 3.31. The number of thiophene rings is 1. The monoisotopic (exact) mass is 254 g/mol. The van der Waals surface area contributed by atoms with Crippen LogP contribution in [0.3, 0.4) is 0 Å². The molecule has 2 heteroatoms. The number of carbonyl (C=O) groups excluding carboxylic acids is 1. The first-order valence-electron chi connectivity index (χ1n) is 6.22. The first-order valence-corrected chi connectivity index (χ1v) is 7.03. The highest BCUT2D eigenvalue weighted by Crippen LogP contribution is 2.35. The van der Waals surface area contributed by atoms with Crippen LogP contribution in [-0.4, -0.2) is 5.78 Å². The highest BCUT2D eigenvalue weighted by Gasteiger charge is 2.13. The van der Waals surface area contributed by atoms with Crippen LogP contribution in [0.15, 0.2) is 48.5 Å². The van der Waals surface area contributed by atoms with Crippen molar-refractivity contribution in [2.45, 2.75) is 19.3 Å². The van der Waals surface area contributed by atoms with Gasteiger partial charge in [0.15, 0.2) is 5.78 Å². The van der Waals surface area contributed by atoms with Crippen LogP contribution in [-0.2, 0) is 4.79 Å². The molecule has 1 nitrogen and oxygen atoms in total. The van der Waals surface area contributed by atoms with Gasteiger partial charge in [-0.3, -0.25) is 4.79 Å². The zero-order chi connectivity index (χ0) is 12.4. The molecule has 0 unspecified atom stereocenters. The Balaban J connectivity index is 1.93. The van der Waals surface area contributed by atoms with Gasteiger partial charge in [0.2, 0.25) is 0 Å². The fraction of sp³-hybridized carbons (Fsp3) is 0.188. The number of allylic oxidation sites excluding steroid dienone is 2. The van der Waals surface area contributed by atoms with Gasteiger partial charge in [0.25, 0.3) is 0 Å². The number of hydrogen-bond acceptors (Lipinski definition) is 2. The number of rotatable bonds is 2. The van der Waals surface area contributed by atoms with Crippen LogP contribution in [0.25, 0.3) is 16.0 Å². The van der Waals surface area contributed by atoms with Crippen LogP contribution >= 0.6 is 11.3 Å². The molecule has 0 fully saturated rings. The average molecular weight is 254 g/mol. The molecule has 0 amide bonds. The van der Waals surface area contributed by atoms with E-state index in [1.54, 1.807) is 11.3 Å². The van der Waals surface area contributed by atoms with Crippen molar-refractivity contribution < 1.29 is 4.79 Å². The molecule has 1 aliphatic rings. The van der Waals surface area contributed by atoms with Gasteiger partial charge in [-0.1, -0.05) is 30.3 Å². The Morgan fingerprint density at radius 3 is 2.44 bits per heavy atom. The maximum Gasteiger partial charge on any atom is 0.156 e. The topological polar surface area (TPSA) is 17.1 Å². The average Bonchev–Trinajstić information content (AvgIpc) is 2.89. The van der Waals surface area contributed by atoms with Crippen LogP contribution in [0.5, 0.6) is 0 Å². The largest absolute Gasteiger partial charge is 0.295 e. The number of ketones is 1. The molecule has 1 aliphatic carbocycles. The van der Waals surface area contributed by atoms with Crippen molar-refractivity contribution in [3.63, 3.8) is 0 Å². The van der Waals surface area contributed by atoms with E-state index in [1.165, 1.54) is 20.9 Å². The summed E-state index contributed by atoms with van der Waals surface area (Å²) < 4.78 is 0. The lowest BCUT2D eigenvalue weighted by molar-refractivity contribution is -0.114. The predicted octanol–water partition coefficient (Wildman–Crippen LogP) is 4.55. The Bertz CT molecular complexity index is 593. The summed E-state index contributed by atoms with van der Waals surface area (Å²) in [5.41, 5.74) is 2.45. The zero-order valence-corrected chi connectivity index (χ0v) is 10.9. The maximum atomic E-state index is 11.5. The standard InChI is InChI=1S/C16H14OS/c17-14-8-4-7-13(11-14)16-10-9-15(18-16)12-5-2-1-3-6-12/h1-3,5-6,9-11H,4,7-8H2. The highest BCUT2D eigenvalue weighted by molar-refractivity contribution is 7.16. The molecule has 0 N–H and O–H groups in total. The van der Waals surface area contributed by atoms with E-state index in [2.05, 4.69) is 36.4 Å². The molecule has 2 aromatic rings. The lowest BCUT2D eigenvalue weighted by Crippen LogP contribution is -2.00. The lowest BCUT2D eigenvalue weighted by Gasteiger charge is -2.09. The Morgan fingerprint density at radius 1 is 0.889 bits per heavy atom. The van der Waals surface area contributed by atoms with Crippen LogP contribution in [0, 0.1) is 0 Å². The minimum Gasteiger partial charge on any atom is -0.295 e. The molecular formula is C16H14OS. The molecule has 0 spiro atoms. The SMILES string of the molecule is O=C1C=C(c2ccc(-c3ccccc3)s2)CCC1. The van der Waals surface area contributed by atoms with Crippen LogP contribution in [0.4, 0.5) is 0 Å². The zero-order valence-electron chi connectivity index (χ0n) is 10.1. The minimum absolute atomic E-state index is 0.269. The molecule has 18 heavy (non-hydrogen) atoms. The Labute approximate surface area is 111 Å². The summed E-state index contributed by atoms with van der Waals surface area (Å²) in [6, 6.07) is 14.7. The Hall–Kier alpha value is -1.67. The lowest BCUT2D eigenvalue weighted by atomic mass is 9.98. The summed E-state index contributed by atoms with van der Waals surface area (Å²) in [5.74, 6) is 0.269. The van der Waals surface area contributed by atoms with Gasteiger partial charge in [-0.25, -0.2) is 0 Å². The van der Waals surface area contributed by atoms with Crippen molar-refractivity contribution in [2.75, 3.05) is 0 Å². The van der Waals surface area contributed by atoms with E-state index in [0.717, 1.165) is 12.8 Å². The molecule has 1 aromatic heterocycles. The molecule has 1 heterocycles. The van der Waals surface area contributed by atoms with Gasteiger partial charge in [0.05, 0.1) is 0 Å². The first kappa shape index (κ1) is 11.4. The summed E-state index contributed by atoms with van der Waals surface area (Å²) in [7, 11) is 0. The second-order valence-corrected chi connectivity index (χ2v) is 5.60. The smallest absolute Gasteiger partial charge is 0.156 e. The molecule has 1 aromatic carbocycles. The van der Waals surface area contributed by atoms with Crippen molar-refractivity contribution in [1.29, 1.82) is 0 Å². The van der Waals surface area contributed by atoms with E-state index in [9.17, 15) is 4.79 Å². The van der Waals surface area contributed by atoms with E-state index in [4.69, 9.17) is 0 Å². The number of hydrogen-bond donors (Lipinski definition) is 0. The molecule has 0 aliphatic heterocycles. The van der Waals surface area contributed by atoms with E-state index in [0.29, 0.717) is 6.42 Å². The third-order valence-corrected chi connectivity index (χ3v) is 4.40. The van der Waals surface area contributed by atoms with Gasteiger partial charge in [-0.15, -0.1) is 11.3 Å². The van der Waals surface area contributed by atoms with E-state index < -0.39 is 0 Å². The molecular weight excluding hydrogens is 240 g/mol. The van der Waals surface area contributed by atoms with Gasteiger partial charge in [0.1, 0.15) is 0 Å². The summed E-state index contributed by atoms with van der Waals surface area (Å²) in [6.07, 6.45) is 4.55. The number of benzene rings is 1. The molecule has 90 valence electrons. The van der Waals surface area contributed by atoms with Crippen LogP contribution in [0.1, 0.15) is 24.1 Å². The van der Waals surface area contributed by atoms with Gasteiger partial charge in [-0.05, 0) is 42.2 Å². The second kappa shape index (κ2) is 4.91. The first-order chi connectivity index (χ1) is 8.83. The Kier molecular flexibility index (Phi) is 3.11. The van der Waals surface area contributed by atoms with Gasteiger partial charge < -0.3 is 0 Å². The Morgan fingerprint density at radius 2 is 1.67 bits per heavy atom. The summed E-state index contributed by atoms with van der Waals surface area (Å²) in [6.45, 7) is 0. The van der Waals surface area contributed by atoms with Gasteiger partial charge >= 0.3 is 0 Å². The van der Waals surface area contributed by atoms with Crippen molar-refractivity contribution in [3.8, 4) is 10.4 Å². The van der Waals surface area contributed by atoms with Crippen molar-refractivity contribution in [2.24, 2.45) is 0 Å². The van der Waals surface area contributed by atoms with E-state index in [1.807, 2.05) is 12.1 Å². The van der Waals surface area contributed by atoms with Crippen LogP contribution in [0.2, 0.25) is 0 Å². The van der Waals surface area contributed by atoms with Gasteiger partial charge in [-0.2, -0.15) is 0 Å². The summed E-state index contributed by atoms with van der Waals surface area (Å²) >= 11 is 1.77. The van der Waals surface area contributed by atoms with E-state index >= 15 is 0 Å². The summed E-state index contributed by atoms with van der Waals surface area (Å²) in [4.78, 5) is 14.0. The molecule has 0 atom stereocenters. The maximum absolute atomic E-state index is 11.5. The number of carbonyl (C=O) groups is 1. The second-order valence-electron chi connectivity index (χ2n) is 4.52. The molecule has 0 radical (unpaired) electrons. The predicted molar refractivity (Wildman–Crippen MR) is 76.6 cm³/mol. The molecule has 0 saturated carbocycles. The molecule has 3 rings (SSSR count). The molecule has 0 bridgehead atoms. The molecule has 0 saturated heterocycles. The van der Waals surface area contributed by atoms with Crippen molar-refractivity contribution in [3.05, 3.63) is 53.4 Å².